The van der Waals surface area contributed by atoms with E-state index in [0.29, 0.717) is 11.5 Å². The number of halogens is 1. The molecule has 1 aromatic rings. The number of carbonyl (C=O) groups is 1. The number of rotatable bonds is 6. The molecule has 8 heteroatoms. The highest BCUT2D eigenvalue weighted by Gasteiger charge is 2.34. The number of benzene rings is 1. The second-order valence-electron chi connectivity index (χ2n) is 7.65. The van der Waals surface area contributed by atoms with Crippen molar-refractivity contribution >= 4 is 22.8 Å². The fraction of sp³-hybridized carbons (Fsp3) is 0.632. The maximum atomic E-state index is 15.5. The van der Waals surface area contributed by atoms with E-state index in [1.165, 1.54) is 11.4 Å². The summed E-state index contributed by atoms with van der Waals surface area (Å²) in [5.74, 6) is 0.182. The molecule has 2 heterocycles. The SMILES string of the molecule is COc1ccc(C2CCCN(CCC(C)C)C2)c(F)c1N1CC(=O)NS1=O. The molecule has 0 aromatic heterocycles. The number of likely N-dealkylation sites (tertiary alicyclic amines) is 1. The topological polar surface area (TPSA) is 61.9 Å². The lowest BCUT2D eigenvalue weighted by Gasteiger charge is -2.34. The van der Waals surface area contributed by atoms with Gasteiger partial charge in [0, 0.05) is 6.54 Å². The predicted molar refractivity (Wildman–Crippen MR) is 104 cm³/mol. The molecule has 1 amide bonds. The van der Waals surface area contributed by atoms with Gasteiger partial charge in [-0.1, -0.05) is 19.9 Å². The molecule has 0 aliphatic carbocycles. The molecule has 1 N–H and O–H groups in total. The number of hydrogen-bond acceptors (Lipinski definition) is 4. The van der Waals surface area contributed by atoms with Crippen molar-refractivity contribution in [3.05, 3.63) is 23.5 Å². The summed E-state index contributed by atoms with van der Waals surface area (Å²) in [6.45, 7) is 7.16. The summed E-state index contributed by atoms with van der Waals surface area (Å²) >= 11 is -1.79. The molecule has 2 fully saturated rings. The zero-order valence-corrected chi connectivity index (χ0v) is 17.0. The Balaban J connectivity index is 1.87. The highest BCUT2D eigenvalue weighted by molar-refractivity contribution is 7.85. The Labute approximate surface area is 162 Å². The number of piperidine rings is 1. The minimum absolute atomic E-state index is 0.0790. The molecule has 3 rings (SSSR count). The number of nitrogens with one attached hydrogen (secondary N) is 1. The average Bonchev–Trinajstić information content (AvgIpc) is 2.97. The van der Waals surface area contributed by atoms with Crippen LogP contribution in [0.1, 0.15) is 44.6 Å². The van der Waals surface area contributed by atoms with Gasteiger partial charge in [-0.05, 0) is 55.8 Å². The third-order valence-corrected chi connectivity index (χ3v) is 6.35. The first-order valence-corrected chi connectivity index (χ1v) is 10.6. The first-order valence-electron chi connectivity index (χ1n) is 9.48. The zero-order valence-electron chi connectivity index (χ0n) is 16.2. The van der Waals surface area contributed by atoms with Crippen LogP contribution in [0.2, 0.25) is 0 Å². The van der Waals surface area contributed by atoms with E-state index in [1.54, 1.807) is 12.1 Å². The third-order valence-electron chi connectivity index (χ3n) is 5.23. The first kappa shape index (κ1) is 20.1. The van der Waals surface area contributed by atoms with Crippen LogP contribution in [0.4, 0.5) is 10.1 Å². The number of hydrogen-bond donors (Lipinski definition) is 1. The van der Waals surface area contributed by atoms with Gasteiger partial charge >= 0.3 is 0 Å². The Kier molecular flexibility index (Phi) is 6.37. The molecule has 2 saturated heterocycles. The summed E-state index contributed by atoms with van der Waals surface area (Å²) in [5.41, 5.74) is 0.711. The fourth-order valence-electron chi connectivity index (χ4n) is 3.76. The Hall–Kier alpha value is -1.67. The summed E-state index contributed by atoms with van der Waals surface area (Å²) in [6, 6.07) is 3.48. The average molecular weight is 398 g/mol. The minimum Gasteiger partial charge on any atom is -0.494 e. The molecule has 2 unspecified atom stereocenters. The van der Waals surface area contributed by atoms with Crippen LogP contribution in [0.15, 0.2) is 12.1 Å². The van der Waals surface area contributed by atoms with Crippen LogP contribution in [0, 0.1) is 11.7 Å². The van der Waals surface area contributed by atoms with Crippen molar-refractivity contribution in [2.24, 2.45) is 5.92 Å². The van der Waals surface area contributed by atoms with Crippen LogP contribution in [0.3, 0.4) is 0 Å². The van der Waals surface area contributed by atoms with Crippen molar-refractivity contribution < 1.29 is 18.1 Å². The van der Waals surface area contributed by atoms with Gasteiger partial charge < -0.3 is 9.64 Å². The van der Waals surface area contributed by atoms with E-state index in [4.69, 9.17) is 4.74 Å². The molecule has 2 aliphatic heterocycles. The molecule has 0 bridgehead atoms. The van der Waals surface area contributed by atoms with Crippen LogP contribution in [0.5, 0.6) is 5.75 Å². The Bertz CT molecular complexity index is 728. The van der Waals surface area contributed by atoms with Gasteiger partial charge in [0.15, 0.2) is 5.82 Å². The highest BCUT2D eigenvalue weighted by Crippen LogP contribution is 2.39. The highest BCUT2D eigenvalue weighted by atomic mass is 32.2. The van der Waals surface area contributed by atoms with Crippen LogP contribution in [-0.4, -0.2) is 48.3 Å². The molecule has 2 atom stereocenters. The monoisotopic (exact) mass is 397 g/mol. The van der Waals surface area contributed by atoms with E-state index in [0.717, 1.165) is 38.9 Å². The van der Waals surface area contributed by atoms with Gasteiger partial charge in [0.25, 0.3) is 5.91 Å². The number of amides is 1. The Morgan fingerprint density at radius 2 is 2.19 bits per heavy atom. The van der Waals surface area contributed by atoms with Crippen molar-refractivity contribution in [2.75, 3.05) is 37.6 Å². The number of ether oxygens (including phenoxy) is 1. The van der Waals surface area contributed by atoms with Crippen LogP contribution in [-0.2, 0) is 16.0 Å². The minimum atomic E-state index is -1.79. The van der Waals surface area contributed by atoms with E-state index in [9.17, 15) is 9.00 Å². The third kappa shape index (κ3) is 4.43. The van der Waals surface area contributed by atoms with E-state index in [2.05, 4.69) is 23.5 Å². The van der Waals surface area contributed by atoms with E-state index in [-0.39, 0.29) is 23.9 Å². The van der Waals surface area contributed by atoms with Crippen LogP contribution >= 0.6 is 0 Å². The standard InChI is InChI=1S/C19H28FN3O3S/c1-13(2)8-10-22-9-4-5-14(11-22)15-6-7-16(26-3)19(18(15)20)23-12-17(24)21-27(23)25/h6-7,13-14H,4-5,8-12H2,1-3H3,(H,21,24). The lowest BCUT2D eigenvalue weighted by Crippen LogP contribution is -2.36. The summed E-state index contributed by atoms with van der Waals surface area (Å²) in [6.07, 6.45) is 3.07. The molecule has 27 heavy (non-hydrogen) atoms. The Morgan fingerprint density at radius 3 is 2.81 bits per heavy atom. The molecule has 2 aliphatic rings. The largest absolute Gasteiger partial charge is 0.494 e. The smallest absolute Gasteiger partial charge is 0.253 e. The van der Waals surface area contributed by atoms with Crippen LogP contribution < -0.4 is 13.8 Å². The number of methoxy groups -OCH3 is 1. The summed E-state index contributed by atoms with van der Waals surface area (Å²) in [5, 5.41) is 0. The van der Waals surface area contributed by atoms with Crippen molar-refractivity contribution in [3.63, 3.8) is 0 Å². The fourth-order valence-corrected chi connectivity index (χ4v) is 4.70. The van der Waals surface area contributed by atoms with E-state index < -0.39 is 22.9 Å². The molecule has 0 spiro atoms. The van der Waals surface area contributed by atoms with Crippen molar-refractivity contribution in [3.8, 4) is 5.75 Å². The predicted octanol–water partition coefficient (Wildman–Crippen LogP) is 2.57. The number of anilines is 1. The quantitative estimate of drug-likeness (QED) is 0.802. The van der Waals surface area contributed by atoms with Crippen molar-refractivity contribution in [1.82, 2.24) is 9.62 Å². The van der Waals surface area contributed by atoms with Crippen molar-refractivity contribution in [2.45, 2.75) is 39.0 Å². The second kappa shape index (κ2) is 8.56. The molecular weight excluding hydrogens is 369 g/mol. The van der Waals surface area contributed by atoms with Crippen molar-refractivity contribution in [1.29, 1.82) is 0 Å². The molecule has 1 aromatic carbocycles. The second-order valence-corrected chi connectivity index (χ2v) is 8.80. The van der Waals surface area contributed by atoms with Gasteiger partial charge in [-0.15, -0.1) is 0 Å². The van der Waals surface area contributed by atoms with Gasteiger partial charge in [0.2, 0.25) is 11.2 Å². The molecule has 150 valence electrons. The number of carbonyl (C=O) groups excluding carboxylic acids is 1. The van der Waals surface area contributed by atoms with Gasteiger partial charge in [-0.25, -0.2) is 8.60 Å². The molecular formula is C19H28FN3O3S. The summed E-state index contributed by atoms with van der Waals surface area (Å²) in [7, 11) is 1.44. The Morgan fingerprint density at radius 1 is 1.41 bits per heavy atom. The maximum Gasteiger partial charge on any atom is 0.253 e. The molecule has 6 nitrogen and oxygen atoms in total. The summed E-state index contributed by atoms with van der Waals surface area (Å²) in [4.78, 5) is 14.0. The zero-order chi connectivity index (χ0) is 19.6. The van der Waals surface area contributed by atoms with Crippen LogP contribution in [0.25, 0.3) is 0 Å². The van der Waals surface area contributed by atoms with Gasteiger partial charge in [0.05, 0.1) is 7.11 Å². The first-order chi connectivity index (χ1) is 12.9. The number of nitrogens with zero attached hydrogens (tertiary/aromatic N) is 2. The lowest BCUT2D eigenvalue weighted by molar-refractivity contribution is -0.117. The summed E-state index contributed by atoms with van der Waals surface area (Å²) < 4.78 is 36.5. The molecule has 0 saturated carbocycles. The molecule has 0 radical (unpaired) electrons. The van der Waals surface area contributed by atoms with E-state index in [1.807, 2.05) is 0 Å². The van der Waals surface area contributed by atoms with Gasteiger partial charge in [-0.3, -0.25) is 13.8 Å². The van der Waals surface area contributed by atoms with E-state index >= 15 is 4.39 Å². The lowest BCUT2D eigenvalue weighted by atomic mass is 9.89. The van der Waals surface area contributed by atoms with Gasteiger partial charge in [-0.2, -0.15) is 0 Å². The maximum absolute atomic E-state index is 15.5. The normalized spacial score (nSPS) is 23.7. The van der Waals surface area contributed by atoms with Gasteiger partial charge in [0.1, 0.15) is 18.0 Å².